The van der Waals surface area contributed by atoms with Crippen LogP contribution in [0.15, 0.2) is 26.0 Å². The number of fused-ring (bicyclic) bond motifs is 6. The number of nitrogens with zero attached hydrogens (tertiary/aromatic N) is 2. The predicted octanol–water partition coefficient (Wildman–Crippen LogP) is 2.43. The lowest BCUT2D eigenvalue weighted by atomic mass is 9.77. The first-order valence-electron chi connectivity index (χ1n) is 11.8. The number of amidine groups is 1. The molecule has 1 amide bonds. The van der Waals surface area contributed by atoms with Gasteiger partial charge >= 0.3 is 0 Å². The highest BCUT2D eigenvalue weighted by atomic mass is 32.2. The first kappa shape index (κ1) is 24.7. The van der Waals surface area contributed by atoms with E-state index in [1.807, 2.05) is 4.90 Å². The molecule has 0 spiro atoms. The Balaban J connectivity index is 1.53. The molecular weight excluding hydrogens is 512 g/mol. The van der Waals surface area contributed by atoms with Gasteiger partial charge < -0.3 is 15.3 Å². The largest absolute Gasteiger partial charge is 0.511 e. The van der Waals surface area contributed by atoms with E-state index in [4.69, 9.17) is 0 Å². The van der Waals surface area contributed by atoms with Crippen molar-refractivity contribution in [2.45, 2.75) is 57.0 Å². The van der Waals surface area contributed by atoms with E-state index in [0.29, 0.717) is 18.4 Å². The standard InChI is InChI=1S/C22H30N4O6S3/c1-11(2)6-7-26-17-13-5-4-12(8-13)15(17)18(27)16(22(26)28)20-24-21-19(35(31,32)25-20)14(10-33-21)9-23-34(3,29)30/h10-13,15,17,23,27H,4-9H2,1-3H3,(H,24,25)/t12-,13+,15+,17-/m0/s1. The van der Waals surface area contributed by atoms with Crippen molar-refractivity contribution < 1.29 is 26.7 Å². The molecule has 35 heavy (non-hydrogen) atoms. The van der Waals surface area contributed by atoms with E-state index in [1.54, 1.807) is 5.38 Å². The second kappa shape index (κ2) is 8.56. The Labute approximate surface area is 209 Å². The minimum Gasteiger partial charge on any atom is -0.511 e. The average molecular weight is 543 g/mol. The molecule has 10 nitrogen and oxygen atoms in total. The molecular formula is C22H30N4O6S3. The van der Waals surface area contributed by atoms with Gasteiger partial charge in [-0.15, -0.1) is 15.7 Å². The van der Waals surface area contributed by atoms with E-state index < -0.39 is 26.0 Å². The van der Waals surface area contributed by atoms with Crippen LogP contribution < -0.4 is 10.0 Å². The van der Waals surface area contributed by atoms with E-state index in [2.05, 4.69) is 28.3 Å². The zero-order valence-corrected chi connectivity index (χ0v) is 22.3. The predicted molar refractivity (Wildman–Crippen MR) is 133 cm³/mol. The Hall–Kier alpha value is -1.96. The Morgan fingerprint density at radius 3 is 2.71 bits per heavy atom. The van der Waals surface area contributed by atoms with Gasteiger partial charge in [0.25, 0.3) is 15.9 Å². The van der Waals surface area contributed by atoms with Gasteiger partial charge in [0.15, 0.2) is 5.84 Å². The number of sulfonamides is 2. The van der Waals surface area contributed by atoms with Crippen molar-refractivity contribution in [2.75, 3.05) is 18.1 Å². The van der Waals surface area contributed by atoms with Gasteiger partial charge in [-0.1, -0.05) is 13.8 Å². The molecule has 4 atom stereocenters. The minimum atomic E-state index is -4.23. The van der Waals surface area contributed by atoms with Crippen LogP contribution in [0.1, 0.15) is 45.1 Å². The number of hydrogen-bond donors (Lipinski definition) is 3. The quantitative estimate of drug-likeness (QED) is 0.480. The summed E-state index contributed by atoms with van der Waals surface area (Å²) in [5, 5.41) is 16.1. The molecule has 3 N–H and O–H groups in total. The van der Waals surface area contributed by atoms with E-state index in [9.17, 15) is 26.7 Å². The number of hydrogen-bond acceptors (Lipinski definition) is 8. The molecule has 2 saturated carbocycles. The molecule has 0 unspecified atom stereocenters. The van der Waals surface area contributed by atoms with Crippen molar-refractivity contribution in [3.8, 4) is 0 Å². The van der Waals surface area contributed by atoms with Gasteiger partial charge in [-0.2, -0.15) is 8.42 Å². The number of aliphatic hydroxyl groups excluding tert-OH is 1. The van der Waals surface area contributed by atoms with E-state index in [-0.39, 0.29) is 57.1 Å². The summed E-state index contributed by atoms with van der Waals surface area (Å²) in [7, 11) is -7.76. The molecule has 2 aliphatic heterocycles. The summed E-state index contributed by atoms with van der Waals surface area (Å²) in [5.41, 5.74) is 0.201. The minimum absolute atomic E-state index is 0.0597. The number of rotatable bonds is 7. The van der Waals surface area contributed by atoms with Crippen molar-refractivity contribution in [1.82, 2.24) is 9.62 Å². The maximum absolute atomic E-state index is 13.7. The van der Waals surface area contributed by atoms with Crippen molar-refractivity contribution in [1.29, 1.82) is 0 Å². The van der Waals surface area contributed by atoms with E-state index in [1.165, 1.54) is 0 Å². The fourth-order valence-electron chi connectivity index (χ4n) is 6.01. The average Bonchev–Trinajstić information content (AvgIpc) is 3.46. The van der Waals surface area contributed by atoms with Crippen molar-refractivity contribution in [3.05, 3.63) is 22.3 Å². The second-order valence-electron chi connectivity index (χ2n) is 10.3. The van der Waals surface area contributed by atoms with E-state index >= 15 is 0 Å². The van der Waals surface area contributed by atoms with Crippen LogP contribution in [0.25, 0.3) is 0 Å². The Morgan fingerprint density at radius 1 is 1.31 bits per heavy atom. The van der Waals surface area contributed by atoms with Gasteiger partial charge in [0.1, 0.15) is 21.2 Å². The summed E-state index contributed by atoms with van der Waals surface area (Å²) in [4.78, 5) is 15.5. The normalized spacial score (nSPS) is 29.3. The van der Waals surface area contributed by atoms with Crippen LogP contribution in [-0.2, 0) is 31.4 Å². The van der Waals surface area contributed by atoms with Crippen molar-refractivity contribution in [2.24, 2.45) is 28.1 Å². The fourth-order valence-corrected chi connectivity index (χ4v) is 9.03. The zero-order valence-electron chi connectivity index (χ0n) is 19.8. The molecule has 2 bridgehead atoms. The lowest BCUT2D eigenvalue weighted by Gasteiger charge is -2.44. The monoisotopic (exact) mass is 542 g/mol. The van der Waals surface area contributed by atoms with Gasteiger partial charge in [-0.25, -0.2) is 13.1 Å². The van der Waals surface area contributed by atoms with Gasteiger partial charge in [0.2, 0.25) is 10.0 Å². The van der Waals surface area contributed by atoms with Gasteiger partial charge in [-0.3, -0.25) is 4.79 Å². The molecule has 13 heteroatoms. The lowest BCUT2D eigenvalue weighted by molar-refractivity contribution is -0.133. The third kappa shape index (κ3) is 4.30. The highest BCUT2D eigenvalue weighted by Gasteiger charge is 2.57. The van der Waals surface area contributed by atoms with Crippen LogP contribution in [-0.4, -0.2) is 57.4 Å². The summed E-state index contributed by atoms with van der Waals surface area (Å²) < 4.78 is 55.5. The summed E-state index contributed by atoms with van der Waals surface area (Å²) in [6.07, 6.45) is 4.79. The Kier molecular flexibility index (Phi) is 6.05. The summed E-state index contributed by atoms with van der Waals surface area (Å²) in [5.74, 6) is 0.178. The Morgan fingerprint density at radius 2 is 2.03 bits per heavy atom. The summed E-state index contributed by atoms with van der Waals surface area (Å²) in [6, 6.07) is -0.0597. The first-order chi connectivity index (χ1) is 16.4. The molecule has 4 aliphatic rings. The van der Waals surface area contributed by atoms with Gasteiger partial charge in [0.05, 0.1) is 6.26 Å². The fraction of sp³-hybridized carbons (Fsp3) is 0.636. The second-order valence-corrected chi connectivity index (χ2v) is 14.6. The molecule has 2 fully saturated rings. The number of thiophene rings is 1. The number of anilines is 1. The molecule has 1 aromatic heterocycles. The molecule has 0 aromatic carbocycles. The van der Waals surface area contributed by atoms with Crippen LogP contribution in [0.3, 0.4) is 0 Å². The Bertz CT molecular complexity index is 1340. The molecule has 1 aromatic rings. The van der Waals surface area contributed by atoms with E-state index in [0.717, 1.165) is 43.3 Å². The van der Waals surface area contributed by atoms with Crippen molar-refractivity contribution >= 4 is 48.1 Å². The molecule has 3 heterocycles. The molecule has 5 rings (SSSR count). The summed E-state index contributed by atoms with van der Waals surface area (Å²) in [6.45, 7) is 4.53. The maximum atomic E-state index is 13.7. The number of carbonyl (C=O) groups excluding carboxylic acids is 1. The SMILES string of the molecule is CC(C)CCN1C(=O)C(C2=NS(=O)(=O)c3c(CNS(C)(=O)=O)csc3N2)=C(O)[C@@H]2[C@H]3CC[C@H](C3)[C@@H]21. The third-order valence-electron chi connectivity index (χ3n) is 7.51. The molecule has 0 radical (unpaired) electrons. The zero-order chi connectivity index (χ0) is 25.3. The lowest BCUT2D eigenvalue weighted by Crippen LogP contribution is -2.54. The smallest absolute Gasteiger partial charge is 0.287 e. The van der Waals surface area contributed by atoms with Crippen LogP contribution in [0.5, 0.6) is 0 Å². The summed E-state index contributed by atoms with van der Waals surface area (Å²) >= 11 is 1.09. The number of nitrogens with one attached hydrogen (secondary N) is 2. The highest BCUT2D eigenvalue weighted by molar-refractivity contribution is 7.91. The van der Waals surface area contributed by atoms with Crippen LogP contribution >= 0.6 is 11.3 Å². The first-order valence-corrected chi connectivity index (χ1v) is 16.0. The van der Waals surface area contributed by atoms with Crippen LogP contribution in [0, 0.1) is 23.7 Å². The van der Waals surface area contributed by atoms with Crippen LogP contribution in [0.4, 0.5) is 5.00 Å². The van der Waals surface area contributed by atoms with Gasteiger partial charge in [-0.05, 0) is 48.8 Å². The molecule has 2 aliphatic carbocycles. The van der Waals surface area contributed by atoms with Crippen LogP contribution in [0.2, 0.25) is 0 Å². The number of carbonyl (C=O) groups is 1. The third-order valence-corrected chi connectivity index (χ3v) is 10.7. The molecule has 0 saturated heterocycles. The van der Waals surface area contributed by atoms with Gasteiger partial charge in [0, 0.05) is 30.6 Å². The highest BCUT2D eigenvalue weighted by Crippen LogP contribution is 2.55. The van der Waals surface area contributed by atoms with Crippen molar-refractivity contribution in [3.63, 3.8) is 0 Å². The number of aliphatic hydroxyl groups is 1. The topological polar surface area (TPSA) is 145 Å². The maximum Gasteiger partial charge on any atom is 0.287 e. The molecule has 192 valence electrons. The number of amides is 1.